The summed E-state index contributed by atoms with van der Waals surface area (Å²) in [5.41, 5.74) is 3.85. The average Bonchev–Trinajstić information content (AvgIpc) is 3.11. The van der Waals surface area contributed by atoms with Gasteiger partial charge in [0.25, 0.3) is 0 Å². The van der Waals surface area contributed by atoms with E-state index in [0.717, 1.165) is 22.4 Å². The molecule has 0 bridgehead atoms. The molecule has 0 aliphatic rings. The zero-order valence-electron chi connectivity index (χ0n) is 17.4. The SMILES string of the molecule is COc1cccc(-n2nnn(C)c2=O)c1COc1ccc(-c2ccccc2Cl)cc1C. The highest BCUT2D eigenvalue weighted by Gasteiger charge is 2.16. The number of hydrogen-bond acceptors (Lipinski definition) is 5. The number of aryl methyl sites for hydroxylation is 2. The van der Waals surface area contributed by atoms with Crippen LogP contribution in [-0.4, -0.2) is 26.9 Å². The lowest BCUT2D eigenvalue weighted by atomic mass is 10.0. The van der Waals surface area contributed by atoms with Gasteiger partial charge in [0.05, 0.1) is 18.4 Å². The van der Waals surface area contributed by atoms with Crippen LogP contribution in [0.3, 0.4) is 0 Å². The number of rotatable bonds is 6. The van der Waals surface area contributed by atoms with Crippen LogP contribution in [0, 0.1) is 6.92 Å². The smallest absolute Gasteiger partial charge is 0.368 e. The zero-order valence-corrected chi connectivity index (χ0v) is 18.1. The first-order valence-electron chi connectivity index (χ1n) is 9.63. The maximum atomic E-state index is 12.4. The van der Waals surface area contributed by atoms with E-state index in [9.17, 15) is 4.79 Å². The van der Waals surface area contributed by atoms with E-state index in [1.807, 2.05) is 55.5 Å². The van der Waals surface area contributed by atoms with Crippen LogP contribution in [0.25, 0.3) is 16.8 Å². The number of ether oxygens (including phenoxy) is 2. The van der Waals surface area contributed by atoms with Crippen LogP contribution in [-0.2, 0) is 13.7 Å². The van der Waals surface area contributed by atoms with Gasteiger partial charge in [0, 0.05) is 17.6 Å². The molecule has 0 spiro atoms. The summed E-state index contributed by atoms with van der Waals surface area (Å²) in [5, 5.41) is 8.43. The maximum absolute atomic E-state index is 12.4. The van der Waals surface area contributed by atoms with E-state index in [0.29, 0.717) is 22.0 Å². The van der Waals surface area contributed by atoms with Crippen molar-refractivity contribution in [3.63, 3.8) is 0 Å². The van der Waals surface area contributed by atoms with Gasteiger partial charge in [0.2, 0.25) is 0 Å². The van der Waals surface area contributed by atoms with Gasteiger partial charge in [-0.2, -0.15) is 9.36 Å². The standard InChI is InChI=1S/C23H21ClN4O3/c1-15-13-16(17-7-4-5-8-19(17)24)11-12-21(15)31-14-18-20(9-6-10-22(18)30-3)28-23(29)27(2)25-26-28/h4-13H,14H2,1-3H3. The second-order valence-corrected chi connectivity index (χ2v) is 7.41. The van der Waals surface area contributed by atoms with Crippen molar-refractivity contribution >= 4 is 11.6 Å². The minimum Gasteiger partial charge on any atom is -0.496 e. The van der Waals surface area contributed by atoms with E-state index >= 15 is 0 Å². The van der Waals surface area contributed by atoms with Crippen LogP contribution in [0.2, 0.25) is 5.02 Å². The Balaban J connectivity index is 1.65. The Morgan fingerprint density at radius 3 is 2.48 bits per heavy atom. The summed E-state index contributed by atoms with van der Waals surface area (Å²) < 4.78 is 14.0. The topological polar surface area (TPSA) is 71.2 Å². The fourth-order valence-corrected chi connectivity index (χ4v) is 3.62. The summed E-state index contributed by atoms with van der Waals surface area (Å²) in [5.74, 6) is 1.32. The van der Waals surface area contributed by atoms with Crippen molar-refractivity contribution in [1.29, 1.82) is 0 Å². The highest BCUT2D eigenvalue weighted by molar-refractivity contribution is 6.33. The van der Waals surface area contributed by atoms with Crippen molar-refractivity contribution in [1.82, 2.24) is 19.8 Å². The summed E-state index contributed by atoms with van der Waals surface area (Å²) in [6, 6.07) is 19.0. The number of aromatic nitrogens is 4. The van der Waals surface area contributed by atoms with Crippen molar-refractivity contribution in [2.24, 2.45) is 7.05 Å². The van der Waals surface area contributed by atoms with Gasteiger partial charge >= 0.3 is 5.69 Å². The Kier molecular flexibility index (Phi) is 5.77. The molecule has 0 radical (unpaired) electrons. The summed E-state index contributed by atoms with van der Waals surface area (Å²) in [7, 11) is 3.12. The van der Waals surface area contributed by atoms with Crippen LogP contribution >= 0.6 is 11.6 Å². The van der Waals surface area contributed by atoms with Crippen molar-refractivity contribution in [3.8, 4) is 28.3 Å². The van der Waals surface area contributed by atoms with E-state index in [-0.39, 0.29) is 12.3 Å². The summed E-state index contributed by atoms with van der Waals surface area (Å²) in [6.07, 6.45) is 0. The van der Waals surface area contributed by atoms with E-state index in [2.05, 4.69) is 10.4 Å². The number of tetrazole rings is 1. The second-order valence-electron chi connectivity index (χ2n) is 7.00. The summed E-state index contributed by atoms with van der Waals surface area (Å²) >= 11 is 6.33. The van der Waals surface area contributed by atoms with Gasteiger partial charge in [-0.05, 0) is 58.8 Å². The molecule has 0 saturated carbocycles. The lowest BCUT2D eigenvalue weighted by Gasteiger charge is -2.16. The first-order chi connectivity index (χ1) is 15.0. The first-order valence-corrected chi connectivity index (χ1v) is 10.0. The predicted molar refractivity (Wildman–Crippen MR) is 119 cm³/mol. The fourth-order valence-electron chi connectivity index (χ4n) is 3.38. The monoisotopic (exact) mass is 436 g/mol. The van der Waals surface area contributed by atoms with Gasteiger partial charge in [0.15, 0.2) is 0 Å². The van der Waals surface area contributed by atoms with E-state index < -0.39 is 0 Å². The molecule has 0 amide bonds. The van der Waals surface area contributed by atoms with Crippen LogP contribution in [0.15, 0.2) is 65.5 Å². The van der Waals surface area contributed by atoms with E-state index in [1.165, 1.54) is 9.36 Å². The Morgan fingerprint density at radius 1 is 1.00 bits per heavy atom. The number of benzene rings is 3. The van der Waals surface area contributed by atoms with Gasteiger partial charge in [0.1, 0.15) is 18.1 Å². The Morgan fingerprint density at radius 2 is 1.81 bits per heavy atom. The minimum absolute atomic E-state index is 0.189. The lowest BCUT2D eigenvalue weighted by Crippen LogP contribution is -2.23. The summed E-state index contributed by atoms with van der Waals surface area (Å²) in [6.45, 7) is 2.17. The van der Waals surface area contributed by atoms with Crippen molar-refractivity contribution in [2.45, 2.75) is 13.5 Å². The third-order valence-corrected chi connectivity index (χ3v) is 5.34. The number of hydrogen-bond donors (Lipinski definition) is 0. The maximum Gasteiger partial charge on any atom is 0.368 e. The van der Waals surface area contributed by atoms with Gasteiger partial charge in [-0.25, -0.2) is 4.79 Å². The van der Waals surface area contributed by atoms with E-state index in [4.69, 9.17) is 21.1 Å². The molecule has 4 rings (SSSR count). The Bertz CT molecular complexity index is 1300. The fraction of sp³-hybridized carbons (Fsp3) is 0.174. The molecule has 0 atom stereocenters. The molecular weight excluding hydrogens is 416 g/mol. The Hall–Kier alpha value is -3.58. The number of nitrogens with zero attached hydrogens (tertiary/aromatic N) is 4. The molecule has 0 saturated heterocycles. The highest BCUT2D eigenvalue weighted by Crippen LogP contribution is 2.32. The predicted octanol–water partition coefficient (Wildman–Crippen LogP) is 4.18. The molecule has 0 fully saturated rings. The molecule has 8 heteroatoms. The molecule has 0 unspecified atom stereocenters. The highest BCUT2D eigenvalue weighted by atomic mass is 35.5. The summed E-state index contributed by atoms with van der Waals surface area (Å²) in [4.78, 5) is 12.4. The lowest BCUT2D eigenvalue weighted by molar-refractivity contribution is 0.294. The van der Waals surface area contributed by atoms with E-state index in [1.54, 1.807) is 26.3 Å². The molecule has 0 N–H and O–H groups in total. The molecular formula is C23H21ClN4O3. The minimum atomic E-state index is -0.352. The van der Waals surface area contributed by atoms with Crippen molar-refractivity contribution < 1.29 is 9.47 Å². The molecule has 3 aromatic carbocycles. The van der Waals surface area contributed by atoms with Gasteiger partial charge in [-0.15, -0.1) is 0 Å². The molecule has 4 aromatic rings. The Labute approximate surface area is 184 Å². The van der Waals surface area contributed by atoms with Crippen molar-refractivity contribution in [3.05, 3.63) is 87.3 Å². The molecule has 1 aromatic heterocycles. The van der Waals surface area contributed by atoms with Crippen LogP contribution in [0.1, 0.15) is 11.1 Å². The average molecular weight is 437 g/mol. The second kappa shape index (κ2) is 8.65. The van der Waals surface area contributed by atoms with Crippen molar-refractivity contribution in [2.75, 3.05) is 7.11 Å². The zero-order chi connectivity index (χ0) is 22.0. The van der Waals surface area contributed by atoms with Gasteiger partial charge < -0.3 is 9.47 Å². The molecule has 1 heterocycles. The third kappa shape index (κ3) is 4.04. The third-order valence-electron chi connectivity index (χ3n) is 5.01. The first kappa shape index (κ1) is 20.7. The van der Waals surface area contributed by atoms with Gasteiger partial charge in [-0.1, -0.05) is 41.9 Å². The molecule has 7 nitrogen and oxygen atoms in total. The number of methoxy groups -OCH3 is 1. The quantitative estimate of drug-likeness (QED) is 0.453. The largest absolute Gasteiger partial charge is 0.496 e. The van der Waals surface area contributed by atoms with Crippen LogP contribution in [0.5, 0.6) is 11.5 Å². The molecule has 158 valence electrons. The van der Waals surface area contributed by atoms with Crippen LogP contribution in [0.4, 0.5) is 0 Å². The number of halogens is 1. The van der Waals surface area contributed by atoms with Gasteiger partial charge in [-0.3, -0.25) is 0 Å². The molecule has 0 aliphatic carbocycles. The normalized spacial score (nSPS) is 10.8. The van der Waals surface area contributed by atoms with Crippen LogP contribution < -0.4 is 15.2 Å². The molecule has 0 aliphatic heterocycles. The molecule has 31 heavy (non-hydrogen) atoms.